The molecule has 0 aliphatic rings. The summed E-state index contributed by atoms with van der Waals surface area (Å²) in [6.07, 6.45) is 4.01. The highest BCUT2D eigenvalue weighted by molar-refractivity contribution is 4.67. The lowest BCUT2D eigenvalue weighted by atomic mass is 9.87. The third kappa shape index (κ3) is 5.29. The van der Waals surface area contributed by atoms with Gasteiger partial charge in [0.25, 0.3) is 0 Å². The summed E-state index contributed by atoms with van der Waals surface area (Å²) in [6, 6.07) is 0. The van der Waals surface area contributed by atoms with Crippen LogP contribution in [0.5, 0.6) is 0 Å². The lowest BCUT2D eigenvalue weighted by Gasteiger charge is -2.19. The Kier molecular flexibility index (Phi) is 5.62. The van der Waals surface area contributed by atoms with E-state index in [9.17, 15) is 0 Å². The van der Waals surface area contributed by atoms with E-state index in [1.807, 2.05) is 0 Å². The Labute approximate surface area is 72.4 Å². The summed E-state index contributed by atoms with van der Waals surface area (Å²) in [6.45, 7) is 13.2. The normalized spacial score (nSPS) is 14.5. The fraction of sp³-hybridized carbons (Fsp3) is 0.909. The summed E-state index contributed by atoms with van der Waals surface area (Å²) in [5.41, 5.74) is 0. The molecule has 0 aromatic heterocycles. The molecule has 0 heterocycles. The second-order valence-corrected chi connectivity index (χ2v) is 4.12. The van der Waals surface area contributed by atoms with Gasteiger partial charge < -0.3 is 0 Å². The zero-order valence-electron chi connectivity index (χ0n) is 8.56. The van der Waals surface area contributed by atoms with Crippen LogP contribution >= 0.6 is 0 Å². The van der Waals surface area contributed by atoms with Crippen LogP contribution in [0.25, 0.3) is 0 Å². The first kappa shape index (κ1) is 11.0. The molecule has 0 aliphatic heterocycles. The van der Waals surface area contributed by atoms with E-state index in [-0.39, 0.29) is 0 Å². The molecule has 1 radical (unpaired) electrons. The highest BCUT2D eigenvalue weighted by Gasteiger charge is 2.10. The molecule has 0 bridgehead atoms. The van der Waals surface area contributed by atoms with Crippen molar-refractivity contribution in [1.82, 2.24) is 0 Å². The van der Waals surface area contributed by atoms with E-state index >= 15 is 0 Å². The molecule has 0 nitrogen and oxygen atoms in total. The van der Waals surface area contributed by atoms with Crippen LogP contribution in [0.15, 0.2) is 0 Å². The quantitative estimate of drug-likeness (QED) is 0.564. The van der Waals surface area contributed by atoms with E-state index in [4.69, 9.17) is 0 Å². The Bertz CT molecular complexity index is 82.0. The molecule has 0 heteroatoms. The van der Waals surface area contributed by atoms with Crippen molar-refractivity contribution in [3.05, 3.63) is 6.92 Å². The van der Waals surface area contributed by atoms with Gasteiger partial charge in [-0.15, -0.1) is 0 Å². The zero-order valence-corrected chi connectivity index (χ0v) is 8.56. The first-order valence-corrected chi connectivity index (χ1v) is 4.91. The van der Waals surface area contributed by atoms with E-state index < -0.39 is 0 Å². The van der Waals surface area contributed by atoms with Gasteiger partial charge in [0, 0.05) is 0 Å². The minimum absolute atomic E-state index is 0.624. The van der Waals surface area contributed by atoms with Crippen LogP contribution in [-0.4, -0.2) is 0 Å². The predicted molar refractivity (Wildman–Crippen MR) is 52.4 cm³/mol. The summed E-state index contributed by atoms with van der Waals surface area (Å²) in [7, 11) is 0. The van der Waals surface area contributed by atoms with Gasteiger partial charge in [0.15, 0.2) is 0 Å². The predicted octanol–water partition coefficient (Wildman–Crippen LogP) is 3.92. The Morgan fingerprint density at radius 2 is 1.64 bits per heavy atom. The molecule has 0 spiro atoms. The van der Waals surface area contributed by atoms with E-state index in [2.05, 4.69) is 34.6 Å². The van der Waals surface area contributed by atoms with Crippen LogP contribution in [-0.2, 0) is 0 Å². The molecule has 0 saturated carbocycles. The van der Waals surface area contributed by atoms with Crippen LogP contribution in [0.4, 0.5) is 0 Å². The van der Waals surface area contributed by atoms with Crippen molar-refractivity contribution in [3.8, 4) is 0 Å². The molecule has 2 unspecified atom stereocenters. The fourth-order valence-electron chi connectivity index (χ4n) is 1.44. The summed E-state index contributed by atoms with van der Waals surface area (Å²) in [5.74, 6) is 2.32. The molecular weight excluding hydrogens is 132 g/mol. The Morgan fingerprint density at radius 3 is 1.91 bits per heavy atom. The maximum Gasteiger partial charge on any atom is -0.0391 e. The minimum Gasteiger partial charge on any atom is -0.0651 e. The van der Waals surface area contributed by atoms with Crippen LogP contribution in [0, 0.1) is 24.7 Å². The molecular formula is C11H23. The average Bonchev–Trinajstić information content (AvgIpc) is 1.87. The Balaban J connectivity index is 3.52. The zero-order chi connectivity index (χ0) is 8.85. The van der Waals surface area contributed by atoms with Gasteiger partial charge >= 0.3 is 0 Å². The monoisotopic (exact) mass is 155 g/mol. The smallest absolute Gasteiger partial charge is 0.0391 e. The first-order valence-electron chi connectivity index (χ1n) is 4.91. The Hall–Kier alpha value is 0. The van der Waals surface area contributed by atoms with Crippen molar-refractivity contribution in [2.24, 2.45) is 17.8 Å². The molecule has 2 atom stereocenters. The van der Waals surface area contributed by atoms with Gasteiger partial charge in [-0.1, -0.05) is 47.5 Å². The standard InChI is InChI=1S/C11H23/c1-6-11(10(4)5)8-7-9(2)3/h9-11H,4,6-8H2,1-3,5H3. The Morgan fingerprint density at radius 1 is 1.09 bits per heavy atom. The minimum atomic E-state index is 0.624. The molecule has 67 valence electrons. The third-order valence-electron chi connectivity index (χ3n) is 2.44. The van der Waals surface area contributed by atoms with Crippen molar-refractivity contribution in [1.29, 1.82) is 0 Å². The fourth-order valence-corrected chi connectivity index (χ4v) is 1.44. The summed E-state index contributed by atoms with van der Waals surface area (Å²) >= 11 is 0. The van der Waals surface area contributed by atoms with E-state index in [0.29, 0.717) is 5.92 Å². The summed E-state index contributed by atoms with van der Waals surface area (Å²) in [5, 5.41) is 0. The van der Waals surface area contributed by atoms with Gasteiger partial charge in [-0.05, 0) is 24.2 Å². The van der Waals surface area contributed by atoms with Gasteiger partial charge in [0.2, 0.25) is 0 Å². The van der Waals surface area contributed by atoms with Crippen LogP contribution < -0.4 is 0 Å². The second-order valence-electron chi connectivity index (χ2n) is 4.12. The SMILES string of the molecule is [CH2]C(C)C(CC)CCC(C)C. The molecule has 0 amide bonds. The third-order valence-corrected chi connectivity index (χ3v) is 2.44. The van der Waals surface area contributed by atoms with Crippen molar-refractivity contribution < 1.29 is 0 Å². The number of rotatable bonds is 5. The molecule has 0 fully saturated rings. The lowest BCUT2D eigenvalue weighted by molar-refractivity contribution is 0.345. The highest BCUT2D eigenvalue weighted by atomic mass is 14.2. The molecule has 0 aromatic rings. The summed E-state index contributed by atoms with van der Waals surface area (Å²) in [4.78, 5) is 0. The van der Waals surface area contributed by atoms with Crippen LogP contribution in [0.1, 0.15) is 47.0 Å². The lowest BCUT2D eigenvalue weighted by Crippen LogP contribution is -2.08. The maximum absolute atomic E-state index is 4.09. The van der Waals surface area contributed by atoms with Gasteiger partial charge in [0.1, 0.15) is 0 Å². The molecule has 0 saturated heterocycles. The van der Waals surface area contributed by atoms with Crippen molar-refractivity contribution in [2.75, 3.05) is 0 Å². The molecule has 0 N–H and O–H groups in total. The molecule has 11 heavy (non-hydrogen) atoms. The van der Waals surface area contributed by atoms with Gasteiger partial charge in [0.05, 0.1) is 0 Å². The second kappa shape index (κ2) is 5.62. The molecule has 0 rings (SSSR count). The van der Waals surface area contributed by atoms with Crippen molar-refractivity contribution in [3.63, 3.8) is 0 Å². The summed E-state index contributed by atoms with van der Waals surface area (Å²) < 4.78 is 0. The van der Waals surface area contributed by atoms with E-state index in [1.165, 1.54) is 19.3 Å². The number of hydrogen-bond acceptors (Lipinski definition) is 0. The topological polar surface area (TPSA) is 0 Å². The molecule has 0 aromatic carbocycles. The number of hydrogen-bond donors (Lipinski definition) is 0. The van der Waals surface area contributed by atoms with Gasteiger partial charge in [-0.3, -0.25) is 0 Å². The van der Waals surface area contributed by atoms with Gasteiger partial charge in [-0.25, -0.2) is 0 Å². The van der Waals surface area contributed by atoms with Crippen molar-refractivity contribution in [2.45, 2.75) is 47.0 Å². The van der Waals surface area contributed by atoms with E-state index in [0.717, 1.165) is 11.8 Å². The van der Waals surface area contributed by atoms with E-state index in [1.54, 1.807) is 0 Å². The van der Waals surface area contributed by atoms with Gasteiger partial charge in [-0.2, -0.15) is 0 Å². The highest BCUT2D eigenvalue weighted by Crippen LogP contribution is 2.22. The van der Waals surface area contributed by atoms with Crippen LogP contribution in [0.3, 0.4) is 0 Å². The first-order chi connectivity index (χ1) is 5.07. The largest absolute Gasteiger partial charge is 0.0651 e. The van der Waals surface area contributed by atoms with Crippen LogP contribution in [0.2, 0.25) is 0 Å². The average molecular weight is 155 g/mol. The maximum atomic E-state index is 4.09. The van der Waals surface area contributed by atoms with Crippen molar-refractivity contribution >= 4 is 0 Å². The molecule has 0 aliphatic carbocycles.